The number of benzene rings is 1. The Morgan fingerprint density at radius 3 is 2.88 bits per heavy atom. The van der Waals surface area contributed by atoms with E-state index in [9.17, 15) is 9.90 Å². The summed E-state index contributed by atoms with van der Waals surface area (Å²) >= 11 is 1.44. The summed E-state index contributed by atoms with van der Waals surface area (Å²) in [5, 5.41) is 13.1. The SMILES string of the molecule is [NH3+]Cc1ccccc1-c1nc(CC(=O)[O-])cs1. The standard InChI is InChI=1S/C12H12N2O2S/c13-6-8-3-1-2-4-10(8)12-14-9(7-17-12)5-11(15)16/h1-4,7H,5-6,13H2,(H,15,16). The molecular formula is C12H12N2O2S. The van der Waals surface area contributed by atoms with E-state index < -0.39 is 5.97 Å². The molecule has 4 nitrogen and oxygen atoms in total. The van der Waals surface area contributed by atoms with Crippen molar-refractivity contribution in [3.05, 3.63) is 40.9 Å². The van der Waals surface area contributed by atoms with Crippen LogP contribution in [-0.2, 0) is 17.8 Å². The lowest BCUT2D eigenvalue weighted by molar-refractivity contribution is -0.386. The summed E-state index contributed by atoms with van der Waals surface area (Å²) in [6.45, 7) is 0.686. The normalized spacial score (nSPS) is 10.4. The first-order valence-corrected chi connectivity index (χ1v) is 6.10. The highest BCUT2D eigenvalue weighted by Crippen LogP contribution is 2.26. The van der Waals surface area contributed by atoms with E-state index in [1.807, 2.05) is 24.3 Å². The number of rotatable bonds is 4. The second kappa shape index (κ2) is 5.07. The van der Waals surface area contributed by atoms with Crippen LogP contribution in [0.3, 0.4) is 0 Å². The molecule has 1 heterocycles. The number of aromatic nitrogens is 1. The summed E-state index contributed by atoms with van der Waals surface area (Å²) in [5.74, 6) is -1.10. The highest BCUT2D eigenvalue weighted by molar-refractivity contribution is 7.13. The summed E-state index contributed by atoms with van der Waals surface area (Å²) in [5.41, 5.74) is 6.55. The van der Waals surface area contributed by atoms with Gasteiger partial charge in [0.15, 0.2) is 0 Å². The van der Waals surface area contributed by atoms with Gasteiger partial charge in [0.2, 0.25) is 0 Å². The van der Waals surface area contributed by atoms with Gasteiger partial charge in [0, 0.05) is 28.9 Å². The van der Waals surface area contributed by atoms with Crippen LogP contribution in [0, 0.1) is 0 Å². The van der Waals surface area contributed by atoms with E-state index in [2.05, 4.69) is 10.7 Å². The third-order valence-electron chi connectivity index (χ3n) is 2.39. The van der Waals surface area contributed by atoms with Gasteiger partial charge in [-0.3, -0.25) is 0 Å². The Hall–Kier alpha value is -1.72. The second-order valence-electron chi connectivity index (χ2n) is 3.60. The molecule has 0 amide bonds. The molecule has 0 aliphatic heterocycles. The molecular weight excluding hydrogens is 236 g/mol. The predicted octanol–water partition coefficient (Wildman–Crippen LogP) is -0.156. The number of nitrogens with zero attached hydrogens (tertiary/aromatic N) is 1. The van der Waals surface area contributed by atoms with Crippen LogP contribution in [0.2, 0.25) is 0 Å². The summed E-state index contributed by atoms with van der Waals surface area (Å²) in [6.07, 6.45) is -0.136. The third kappa shape index (κ3) is 2.69. The van der Waals surface area contributed by atoms with E-state index in [4.69, 9.17) is 0 Å². The number of carboxylic acid groups (broad SMARTS) is 1. The topological polar surface area (TPSA) is 80.7 Å². The summed E-state index contributed by atoms with van der Waals surface area (Å²) in [4.78, 5) is 14.8. The molecule has 1 aromatic carbocycles. The van der Waals surface area contributed by atoms with E-state index in [1.165, 1.54) is 11.3 Å². The van der Waals surface area contributed by atoms with Crippen molar-refractivity contribution in [3.8, 4) is 10.6 Å². The molecule has 0 atom stereocenters. The number of hydrogen-bond acceptors (Lipinski definition) is 4. The summed E-state index contributed by atoms with van der Waals surface area (Å²) < 4.78 is 0. The molecule has 0 spiro atoms. The molecule has 0 bridgehead atoms. The lowest BCUT2D eigenvalue weighted by Crippen LogP contribution is -2.47. The van der Waals surface area contributed by atoms with Crippen LogP contribution in [0.1, 0.15) is 11.3 Å². The van der Waals surface area contributed by atoms with Gasteiger partial charge in [-0.1, -0.05) is 24.3 Å². The van der Waals surface area contributed by atoms with Gasteiger partial charge < -0.3 is 15.6 Å². The quantitative estimate of drug-likeness (QED) is 0.816. The Labute approximate surface area is 103 Å². The molecule has 2 aromatic rings. The average molecular weight is 248 g/mol. The molecule has 2 rings (SSSR count). The highest BCUT2D eigenvalue weighted by atomic mass is 32.1. The van der Waals surface area contributed by atoms with Crippen LogP contribution in [0.15, 0.2) is 29.6 Å². The van der Waals surface area contributed by atoms with Crippen molar-refractivity contribution in [1.29, 1.82) is 0 Å². The molecule has 0 radical (unpaired) electrons. The van der Waals surface area contributed by atoms with Crippen LogP contribution < -0.4 is 10.8 Å². The van der Waals surface area contributed by atoms with E-state index in [0.29, 0.717) is 12.2 Å². The van der Waals surface area contributed by atoms with Gasteiger partial charge in [0.05, 0.1) is 5.69 Å². The fraction of sp³-hybridized carbons (Fsp3) is 0.167. The molecule has 17 heavy (non-hydrogen) atoms. The first-order chi connectivity index (χ1) is 8.20. The van der Waals surface area contributed by atoms with Gasteiger partial charge in [0.25, 0.3) is 0 Å². The maximum Gasteiger partial charge on any atom is 0.124 e. The number of carbonyl (C=O) groups is 1. The maximum atomic E-state index is 10.5. The first kappa shape index (κ1) is 11.8. The van der Waals surface area contributed by atoms with Crippen molar-refractivity contribution in [2.45, 2.75) is 13.0 Å². The van der Waals surface area contributed by atoms with Crippen LogP contribution >= 0.6 is 11.3 Å². The van der Waals surface area contributed by atoms with Crippen molar-refractivity contribution < 1.29 is 15.6 Å². The minimum atomic E-state index is -1.10. The molecule has 0 fully saturated rings. The number of carbonyl (C=O) groups excluding carboxylic acids is 1. The maximum absolute atomic E-state index is 10.5. The summed E-state index contributed by atoms with van der Waals surface area (Å²) in [7, 11) is 0. The minimum Gasteiger partial charge on any atom is -0.550 e. The van der Waals surface area contributed by atoms with Crippen LogP contribution in [0.25, 0.3) is 10.6 Å². The smallest absolute Gasteiger partial charge is 0.124 e. The lowest BCUT2D eigenvalue weighted by atomic mass is 10.1. The van der Waals surface area contributed by atoms with Crippen LogP contribution in [0.5, 0.6) is 0 Å². The number of aliphatic carboxylic acids is 1. The minimum absolute atomic E-state index is 0.136. The molecule has 88 valence electrons. The van der Waals surface area contributed by atoms with Crippen LogP contribution in [0.4, 0.5) is 0 Å². The number of hydrogen-bond donors (Lipinski definition) is 1. The fourth-order valence-electron chi connectivity index (χ4n) is 1.61. The predicted molar refractivity (Wildman–Crippen MR) is 62.9 cm³/mol. The number of quaternary nitrogens is 1. The Morgan fingerprint density at radius 2 is 2.18 bits per heavy atom. The van der Waals surface area contributed by atoms with E-state index in [0.717, 1.165) is 16.1 Å². The molecule has 1 aromatic heterocycles. The van der Waals surface area contributed by atoms with Gasteiger partial charge >= 0.3 is 0 Å². The van der Waals surface area contributed by atoms with Crippen molar-refractivity contribution in [3.63, 3.8) is 0 Å². The van der Waals surface area contributed by atoms with Gasteiger partial charge in [-0.15, -0.1) is 11.3 Å². The number of carboxylic acids is 1. The van der Waals surface area contributed by atoms with Gasteiger partial charge in [-0.05, 0) is 0 Å². The van der Waals surface area contributed by atoms with Crippen molar-refractivity contribution in [2.75, 3.05) is 0 Å². The van der Waals surface area contributed by atoms with Crippen molar-refractivity contribution in [1.82, 2.24) is 4.98 Å². The highest BCUT2D eigenvalue weighted by Gasteiger charge is 2.09. The monoisotopic (exact) mass is 248 g/mol. The van der Waals surface area contributed by atoms with Gasteiger partial charge in [-0.25, -0.2) is 4.98 Å². The van der Waals surface area contributed by atoms with Crippen molar-refractivity contribution >= 4 is 17.3 Å². The largest absolute Gasteiger partial charge is 0.550 e. The van der Waals surface area contributed by atoms with E-state index in [-0.39, 0.29) is 6.42 Å². The Balaban J connectivity index is 2.33. The zero-order valence-electron chi connectivity index (χ0n) is 9.18. The zero-order valence-corrected chi connectivity index (χ0v) is 10.00. The lowest BCUT2D eigenvalue weighted by Gasteiger charge is -2.02. The van der Waals surface area contributed by atoms with Gasteiger partial charge in [0.1, 0.15) is 11.6 Å². The number of thiazole rings is 1. The Morgan fingerprint density at radius 1 is 1.41 bits per heavy atom. The Kier molecular flexibility index (Phi) is 3.51. The Bertz CT molecular complexity index is 537. The molecule has 0 aliphatic carbocycles. The van der Waals surface area contributed by atoms with Gasteiger partial charge in [-0.2, -0.15) is 0 Å². The molecule has 0 saturated carbocycles. The summed E-state index contributed by atoms with van der Waals surface area (Å²) in [6, 6.07) is 7.87. The molecule has 0 aliphatic rings. The third-order valence-corrected chi connectivity index (χ3v) is 3.32. The fourth-order valence-corrected chi connectivity index (χ4v) is 2.49. The first-order valence-electron chi connectivity index (χ1n) is 5.22. The molecule has 0 saturated heterocycles. The molecule has 3 N–H and O–H groups in total. The average Bonchev–Trinajstić information content (AvgIpc) is 2.76. The van der Waals surface area contributed by atoms with Crippen LogP contribution in [-0.4, -0.2) is 11.0 Å². The molecule has 0 unspecified atom stereocenters. The zero-order chi connectivity index (χ0) is 12.3. The second-order valence-corrected chi connectivity index (χ2v) is 4.46. The van der Waals surface area contributed by atoms with Crippen molar-refractivity contribution in [2.24, 2.45) is 0 Å². The molecule has 5 heteroatoms. The van der Waals surface area contributed by atoms with E-state index >= 15 is 0 Å². The van der Waals surface area contributed by atoms with E-state index in [1.54, 1.807) is 5.38 Å².